The van der Waals surface area contributed by atoms with E-state index in [4.69, 9.17) is 10.3 Å². The van der Waals surface area contributed by atoms with Gasteiger partial charge in [0.1, 0.15) is 0 Å². The molecule has 1 saturated heterocycles. The first-order valence-corrected chi connectivity index (χ1v) is 5.59. The highest BCUT2D eigenvalue weighted by molar-refractivity contribution is 4.92. The Labute approximate surface area is 95.4 Å². The Morgan fingerprint density at radius 3 is 2.94 bits per heavy atom. The number of piperazine rings is 1. The van der Waals surface area contributed by atoms with Gasteiger partial charge in [0.2, 0.25) is 5.89 Å². The molecule has 6 heteroatoms. The van der Waals surface area contributed by atoms with Crippen LogP contribution in [0.4, 0.5) is 0 Å². The lowest BCUT2D eigenvalue weighted by atomic mass is 10.1. The van der Waals surface area contributed by atoms with E-state index in [0.29, 0.717) is 18.5 Å². The van der Waals surface area contributed by atoms with Gasteiger partial charge in [-0.25, -0.2) is 0 Å². The maximum atomic E-state index is 5.43. The lowest BCUT2D eigenvalue weighted by Gasteiger charge is -2.37. The number of hydrogen-bond acceptors (Lipinski definition) is 6. The van der Waals surface area contributed by atoms with E-state index in [9.17, 15) is 0 Å². The molecule has 0 aliphatic carbocycles. The fourth-order valence-electron chi connectivity index (χ4n) is 1.99. The molecule has 0 amide bonds. The SMILES string of the molecule is CN1CCN(C)C(Cc2noc(CN)n2)C1. The van der Waals surface area contributed by atoms with E-state index in [1.807, 2.05) is 0 Å². The minimum absolute atomic E-state index is 0.313. The molecule has 1 atom stereocenters. The van der Waals surface area contributed by atoms with Crippen LogP contribution in [-0.4, -0.2) is 59.7 Å². The van der Waals surface area contributed by atoms with Crippen LogP contribution in [0.15, 0.2) is 4.52 Å². The molecule has 2 heterocycles. The summed E-state index contributed by atoms with van der Waals surface area (Å²) >= 11 is 0. The molecule has 1 fully saturated rings. The van der Waals surface area contributed by atoms with Crippen LogP contribution in [0.2, 0.25) is 0 Å². The predicted molar refractivity (Wildman–Crippen MR) is 59.8 cm³/mol. The monoisotopic (exact) mass is 225 g/mol. The second-order valence-electron chi connectivity index (χ2n) is 4.41. The van der Waals surface area contributed by atoms with Gasteiger partial charge in [-0.05, 0) is 14.1 Å². The molecular weight excluding hydrogens is 206 g/mol. The summed E-state index contributed by atoms with van der Waals surface area (Å²) in [6.07, 6.45) is 0.824. The summed E-state index contributed by atoms with van der Waals surface area (Å²) in [6, 6.07) is 0.460. The first-order chi connectivity index (χ1) is 7.69. The van der Waals surface area contributed by atoms with Crippen LogP contribution in [0.25, 0.3) is 0 Å². The average Bonchev–Trinajstić information content (AvgIpc) is 2.71. The summed E-state index contributed by atoms with van der Waals surface area (Å²) in [5, 5.41) is 3.93. The van der Waals surface area contributed by atoms with Crippen LogP contribution in [0.1, 0.15) is 11.7 Å². The van der Waals surface area contributed by atoms with Crippen molar-refractivity contribution in [2.45, 2.75) is 19.0 Å². The molecule has 0 spiro atoms. The smallest absolute Gasteiger partial charge is 0.240 e. The molecule has 1 aromatic heterocycles. The standard InChI is InChI=1S/C10H19N5O/c1-14-3-4-15(2)8(7-14)5-9-12-10(6-11)16-13-9/h8H,3-7,11H2,1-2H3. The summed E-state index contributed by atoms with van der Waals surface area (Å²) in [5.41, 5.74) is 5.43. The van der Waals surface area contributed by atoms with Crippen LogP contribution in [0, 0.1) is 0 Å². The molecule has 0 radical (unpaired) electrons. The van der Waals surface area contributed by atoms with Gasteiger partial charge in [-0.2, -0.15) is 4.98 Å². The van der Waals surface area contributed by atoms with Gasteiger partial charge in [-0.15, -0.1) is 0 Å². The van der Waals surface area contributed by atoms with Gasteiger partial charge in [0.05, 0.1) is 6.54 Å². The zero-order valence-corrected chi connectivity index (χ0v) is 9.89. The van der Waals surface area contributed by atoms with Crippen molar-refractivity contribution >= 4 is 0 Å². The van der Waals surface area contributed by atoms with E-state index in [1.165, 1.54) is 0 Å². The molecule has 1 unspecified atom stereocenters. The minimum Gasteiger partial charge on any atom is -0.338 e. The Bertz CT molecular complexity index is 340. The molecule has 90 valence electrons. The molecule has 0 aromatic carbocycles. The van der Waals surface area contributed by atoms with Gasteiger partial charge in [0.25, 0.3) is 0 Å². The van der Waals surface area contributed by atoms with Crippen molar-refractivity contribution in [3.8, 4) is 0 Å². The highest BCUT2D eigenvalue weighted by Gasteiger charge is 2.23. The second kappa shape index (κ2) is 4.90. The predicted octanol–water partition coefficient (Wildman–Crippen LogP) is -0.683. The van der Waals surface area contributed by atoms with Gasteiger partial charge in [0, 0.05) is 32.1 Å². The van der Waals surface area contributed by atoms with E-state index in [-0.39, 0.29) is 0 Å². The first-order valence-electron chi connectivity index (χ1n) is 5.59. The Hall–Kier alpha value is -0.980. The quantitative estimate of drug-likeness (QED) is 0.734. The van der Waals surface area contributed by atoms with Crippen molar-refractivity contribution in [2.24, 2.45) is 5.73 Å². The third-order valence-corrected chi connectivity index (χ3v) is 3.08. The van der Waals surface area contributed by atoms with Crippen LogP contribution in [-0.2, 0) is 13.0 Å². The van der Waals surface area contributed by atoms with Gasteiger partial charge in [0.15, 0.2) is 5.82 Å². The van der Waals surface area contributed by atoms with E-state index in [2.05, 4.69) is 34.0 Å². The highest BCUT2D eigenvalue weighted by atomic mass is 16.5. The molecule has 1 aliphatic rings. The van der Waals surface area contributed by atoms with Crippen LogP contribution < -0.4 is 5.73 Å². The lowest BCUT2D eigenvalue weighted by Crippen LogP contribution is -2.50. The van der Waals surface area contributed by atoms with Crippen molar-refractivity contribution in [3.05, 3.63) is 11.7 Å². The summed E-state index contributed by atoms with van der Waals surface area (Å²) in [5.74, 6) is 1.27. The first kappa shape index (κ1) is 11.5. The van der Waals surface area contributed by atoms with Gasteiger partial charge in [-0.1, -0.05) is 5.16 Å². The lowest BCUT2D eigenvalue weighted by molar-refractivity contribution is 0.113. The number of nitrogens with zero attached hydrogens (tertiary/aromatic N) is 4. The van der Waals surface area contributed by atoms with Gasteiger partial charge in [-0.3, -0.25) is 0 Å². The normalized spacial score (nSPS) is 23.8. The molecule has 0 bridgehead atoms. The number of rotatable bonds is 3. The molecule has 2 N–H and O–H groups in total. The Morgan fingerprint density at radius 1 is 1.44 bits per heavy atom. The third-order valence-electron chi connectivity index (χ3n) is 3.08. The maximum Gasteiger partial charge on any atom is 0.240 e. The van der Waals surface area contributed by atoms with E-state index < -0.39 is 0 Å². The molecule has 1 aliphatic heterocycles. The van der Waals surface area contributed by atoms with Crippen molar-refractivity contribution in [1.29, 1.82) is 0 Å². The van der Waals surface area contributed by atoms with Crippen molar-refractivity contribution in [3.63, 3.8) is 0 Å². The van der Waals surface area contributed by atoms with Gasteiger partial charge < -0.3 is 20.1 Å². The molecular formula is C10H19N5O. The topological polar surface area (TPSA) is 71.4 Å². The summed E-state index contributed by atoms with van der Waals surface area (Å²) in [7, 11) is 4.28. The molecule has 1 aromatic rings. The number of aromatic nitrogens is 2. The zero-order chi connectivity index (χ0) is 11.5. The van der Waals surface area contributed by atoms with Gasteiger partial charge >= 0.3 is 0 Å². The second-order valence-corrected chi connectivity index (χ2v) is 4.41. The zero-order valence-electron chi connectivity index (χ0n) is 9.89. The van der Waals surface area contributed by atoms with Crippen molar-refractivity contribution in [2.75, 3.05) is 33.7 Å². The fraction of sp³-hybridized carbons (Fsp3) is 0.800. The summed E-state index contributed by atoms with van der Waals surface area (Å²) in [4.78, 5) is 8.91. The third kappa shape index (κ3) is 2.58. The largest absolute Gasteiger partial charge is 0.338 e. The number of hydrogen-bond donors (Lipinski definition) is 1. The fourth-order valence-corrected chi connectivity index (χ4v) is 1.99. The van der Waals surface area contributed by atoms with E-state index in [1.54, 1.807) is 0 Å². The highest BCUT2D eigenvalue weighted by Crippen LogP contribution is 2.10. The number of nitrogens with two attached hydrogens (primary N) is 1. The summed E-state index contributed by atoms with van der Waals surface area (Å²) in [6.45, 7) is 3.56. The molecule has 6 nitrogen and oxygen atoms in total. The molecule has 16 heavy (non-hydrogen) atoms. The molecule has 0 saturated carbocycles. The van der Waals surface area contributed by atoms with Crippen LogP contribution in [0.3, 0.4) is 0 Å². The maximum absolute atomic E-state index is 5.43. The minimum atomic E-state index is 0.313. The van der Waals surface area contributed by atoms with E-state index >= 15 is 0 Å². The average molecular weight is 225 g/mol. The Balaban J connectivity index is 1.97. The van der Waals surface area contributed by atoms with Crippen LogP contribution in [0.5, 0.6) is 0 Å². The van der Waals surface area contributed by atoms with E-state index in [0.717, 1.165) is 31.9 Å². The van der Waals surface area contributed by atoms with Crippen molar-refractivity contribution in [1.82, 2.24) is 19.9 Å². The summed E-state index contributed by atoms with van der Waals surface area (Å²) < 4.78 is 5.00. The van der Waals surface area contributed by atoms with Crippen LogP contribution >= 0.6 is 0 Å². The molecule has 2 rings (SSSR count). The Morgan fingerprint density at radius 2 is 2.25 bits per heavy atom. The number of likely N-dealkylation sites (N-methyl/N-ethyl adjacent to an activating group) is 2. The van der Waals surface area contributed by atoms with Crippen molar-refractivity contribution < 1.29 is 4.52 Å². The Kier molecular flexibility index (Phi) is 3.52.